The van der Waals surface area contributed by atoms with Gasteiger partial charge in [-0.25, -0.2) is 4.98 Å². The third-order valence-corrected chi connectivity index (χ3v) is 3.89. The molecule has 0 aliphatic carbocycles. The summed E-state index contributed by atoms with van der Waals surface area (Å²) in [5.74, 6) is 1.04. The van der Waals surface area contributed by atoms with Crippen molar-refractivity contribution >= 4 is 38.3 Å². The van der Waals surface area contributed by atoms with Crippen LogP contribution in [0.5, 0.6) is 11.5 Å². The molecule has 2 aromatic rings. The topological polar surface area (TPSA) is 60.5 Å². The highest BCUT2D eigenvalue weighted by atomic mass is 79.9. The third-order valence-electron chi connectivity index (χ3n) is 2.50. The van der Waals surface area contributed by atoms with E-state index in [-0.39, 0.29) is 5.91 Å². The van der Waals surface area contributed by atoms with Crippen LogP contribution in [0.15, 0.2) is 28.2 Å². The van der Waals surface area contributed by atoms with E-state index >= 15 is 0 Å². The number of benzene rings is 1. The van der Waals surface area contributed by atoms with Gasteiger partial charge in [-0.2, -0.15) is 0 Å². The van der Waals surface area contributed by atoms with Crippen LogP contribution in [0, 0.1) is 0 Å². The minimum Gasteiger partial charge on any atom is -0.486 e. The maximum Gasteiger partial charge on any atom is 0.257 e. The van der Waals surface area contributed by atoms with Crippen molar-refractivity contribution in [1.29, 1.82) is 0 Å². The van der Waals surface area contributed by atoms with Gasteiger partial charge >= 0.3 is 0 Å². The number of amides is 1. The lowest BCUT2D eigenvalue weighted by molar-refractivity contribution is 0.102. The van der Waals surface area contributed by atoms with Gasteiger partial charge in [0.15, 0.2) is 16.6 Å². The summed E-state index contributed by atoms with van der Waals surface area (Å²) < 4.78 is 11.7. The minimum absolute atomic E-state index is 0.223. The van der Waals surface area contributed by atoms with Gasteiger partial charge in [-0.05, 0) is 34.1 Å². The summed E-state index contributed by atoms with van der Waals surface area (Å²) in [6, 6.07) is 5.11. The molecule has 19 heavy (non-hydrogen) atoms. The number of nitrogens with one attached hydrogen (secondary N) is 1. The van der Waals surface area contributed by atoms with Crippen LogP contribution in [0.1, 0.15) is 10.4 Å². The smallest absolute Gasteiger partial charge is 0.257 e. The molecule has 7 heteroatoms. The zero-order valence-electron chi connectivity index (χ0n) is 9.68. The summed E-state index contributed by atoms with van der Waals surface area (Å²) >= 11 is 4.65. The number of hydrogen-bond donors (Lipinski definition) is 1. The number of aromatic nitrogens is 1. The van der Waals surface area contributed by atoms with E-state index < -0.39 is 0 Å². The highest BCUT2D eigenvalue weighted by Gasteiger charge is 2.15. The monoisotopic (exact) mass is 340 g/mol. The SMILES string of the molecule is O=C(Nc1ncc(Br)s1)c1ccc2c(c1)OCCO2. The second-order valence-corrected chi connectivity index (χ2v) is 6.19. The first kappa shape index (κ1) is 12.4. The van der Waals surface area contributed by atoms with Crippen molar-refractivity contribution in [2.24, 2.45) is 0 Å². The highest BCUT2D eigenvalue weighted by Crippen LogP contribution is 2.31. The molecule has 5 nitrogen and oxygen atoms in total. The van der Waals surface area contributed by atoms with Crippen LogP contribution in [0.4, 0.5) is 5.13 Å². The van der Waals surface area contributed by atoms with Gasteiger partial charge in [0.2, 0.25) is 0 Å². The first-order valence-electron chi connectivity index (χ1n) is 5.55. The number of thiazole rings is 1. The van der Waals surface area contributed by atoms with Crippen molar-refractivity contribution in [3.05, 3.63) is 33.7 Å². The van der Waals surface area contributed by atoms with Crippen molar-refractivity contribution in [1.82, 2.24) is 4.98 Å². The number of rotatable bonds is 2. The lowest BCUT2D eigenvalue weighted by Gasteiger charge is -2.18. The zero-order chi connectivity index (χ0) is 13.2. The first-order chi connectivity index (χ1) is 9.22. The van der Waals surface area contributed by atoms with E-state index in [1.165, 1.54) is 11.3 Å². The number of halogens is 1. The molecule has 0 unspecified atom stereocenters. The lowest BCUT2D eigenvalue weighted by Crippen LogP contribution is -2.17. The molecule has 1 aliphatic heterocycles. The number of carbonyl (C=O) groups excluding carboxylic acids is 1. The average Bonchev–Trinajstić information content (AvgIpc) is 2.83. The van der Waals surface area contributed by atoms with Crippen LogP contribution in [-0.2, 0) is 0 Å². The number of carbonyl (C=O) groups is 1. The van der Waals surface area contributed by atoms with Gasteiger partial charge in [-0.15, -0.1) is 0 Å². The maximum atomic E-state index is 12.1. The Kier molecular flexibility index (Phi) is 3.39. The molecule has 1 N–H and O–H groups in total. The van der Waals surface area contributed by atoms with Crippen LogP contribution in [0.25, 0.3) is 0 Å². The Morgan fingerprint density at radius 2 is 2.11 bits per heavy atom. The average molecular weight is 341 g/mol. The molecule has 1 amide bonds. The van der Waals surface area contributed by atoms with E-state index in [1.807, 2.05) is 0 Å². The fourth-order valence-corrected chi connectivity index (χ4v) is 2.77. The Morgan fingerprint density at radius 1 is 1.32 bits per heavy atom. The third kappa shape index (κ3) is 2.71. The molecule has 0 spiro atoms. The fourth-order valence-electron chi connectivity index (χ4n) is 1.67. The molecule has 1 aromatic carbocycles. The molecule has 0 fully saturated rings. The molecule has 0 atom stereocenters. The number of ether oxygens (including phenoxy) is 2. The van der Waals surface area contributed by atoms with Crippen molar-refractivity contribution in [3.63, 3.8) is 0 Å². The zero-order valence-corrected chi connectivity index (χ0v) is 12.1. The minimum atomic E-state index is -0.223. The van der Waals surface area contributed by atoms with Crippen LogP contribution >= 0.6 is 27.3 Å². The Hall–Kier alpha value is -1.60. The van der Waals surface area contributed by atoms with Crippen LogP contribution in [0.2, 0.25) is 0 Å². The molecule has 2 heterocycles. The summed E-state index contributed by atoms with van der Waals surface area (Å²) in [5, 5.41) is 3.28. The Morgan fingerprint density at radius 3 is 2.84 bits per heavy atom. The molecule has 1 aromatic heterocycles. The van der Waals surface area contributed by atoms with E-state index in [0.717, 1.165) is 3.79 Å². The summed E-state index contributed by atoms with van der Waals surface area (Å²) in [6.45, 7) is 1.03. The van der Waals surface area contributed by atoms with E-state index in [0.29, 0.717) is 35.4 Å². The predicted molar refractivity (Wildman–Crippen MR) is 75.2 cm³/mol. The summed E-state index contributed by atoms with van der Waals surface area (Å²) in [7, 11) is 0. The van der Waals surface area contributed by atoms with E-state index in [2.05, 4.69) is 26.2 Å². The molecule has 1 aliphatic rings. The highest BCUT2D eigenvalue weighted by molar-refractivity contribution is 9.11. The van der Waals surface area contributed by atoms with Gasteiger partial charge in [-0.3, -0.25) is 10.1 Å². The first-order valence-corrected chi connectivity index (χ1v) is 7.15. The van der Waals surface area contributed by atoms with Crippen molar-refractivity contribution in [2.75, 3.05) is 18.5 Å². The largest absolute Gasteiger partial charge is 0.486 e. The van der Waals surface area contributed by atoms with Crippen molar-refractivity contribution in [2.45, 2.75) is 0 Å². The van der Waals surface area contributed by atoms with Crippen molar-refractivity contribution < 1.29 is 14.3 Å². The predicted octanol–water partition coefficient (Wildman–Crippen LogP) is 2.93. The van der Waals surface area contributed by atoms with Crippen molar-refractivity contribution in [3.8, 4) is 11.5 Å². The van der Waals surface area contributed by atoms with Gasteiger partial charge in [0.1, 0.15) is 13.2 Å². The van der Waals surface area contributed by atoms with Gasteiger partial charge in [0.25, 0.3) is 5.91 Å². The molecular formula is C12H9BrN2O3S. The van der Waals surface area contributed by atoms with Crippen LogP contribution in [-0.4, -0.2) is 24.1 Å². The van der Waals surface area contributed by atoms with Crippen LogP contribution in [0.3, 0.4) is 0 Å². The van der Waals surface area contributed by atoms with Gasteiger partial charge < -0.3 is 9.47 Å². The molecular weight excluding hydrogens is 332 g/mol. The molecule has 0 radical (unpaired) electrons. The van der Waals surface area contributed by atoms with Gasteiger partial charge in [-0.1, -0.05) is 11.3 Å². The number of nitrogens with zero attached hydrogens (tertiary/aromatic N) is 1. The molecule has 98 valence electrons. The normalized spacial score (nSPS) is 13.1. The standard InChI is InChI=1S/C12H9BrN2O3S/c13-10-6-14-12(19-10)15-11(16)7-1-2-8-9(5-7)18-4-3-17-8/h1-2,5-6H,3-4H2,(H,14,15,16). The Labute approximate surface area is 121 Å². The fraction of sp³-hybridized carbons (Fsp3) is 0.167. The second-order valence-electron chi connectivity index (χ2n) is 3.78. The maximum absolute atomic E-state index is 12.1. The second kappa shape index (κ2) is 5.18. The van der Waals surface area contributed by atoms with Crippen LogP contribution < -0.4 is 14.8 Å². The molecule has 0 saturated carbocycles. The molecule has 3 rings (SSSR count). The quantitative estimate of drug-likeness (QED) is 0.912. The lowest BCUT2D eigenvalue weighted by atomic mass is 10.2. The number of anilines is 1. The summed E-state index contributed by atoms with van der Waals surface area (Å²) in [4.78, 5) is 16.1. The van der Waals surface area contributed by atoms with Gasteiger partial charge in [0, 0.05) is 5.56 Å². The number of fused-ring (bicyclic) bond motifs is 1. The van der Waals surface area contributed by atoms with Gasteiger partial charge in [0.05, 0.1) is 9.98 Å². The molecule has 0 saturated heterocycles. The summed E-state index contributed by atoms with van der Waals surface area (Å²) in [5.41, 5.74) is 0.510. The Bertz CT molecular complexity index is 629. The summed E-state index contributed by atoms with van der Waals surface area (Å²) in [6.07, 6.45) is 1.64. The van der Waals surface area contributed by atoms with E-state index in [1.54, 1.807) is 24.4 Å². The number of hydrogen-bond acceptors (Lipinski definition) is 5. The van der Waals surface area contributed by atoms with E-state index in [4.69, 9.17) is 9.47 Å². The Balaban J connectivity index is 1.80. The van der Waals surface area contributed by atoms with E-state index in [9.17, 15) is 4.79 Å². The molecule has 0 bridgehead atoms.